The van der Waals surface area contributed by atoms with Gasteiger partial charge in [0.25, 0.3) is 0 Å². The van der Waals surface area contributed by atoms with Crippen molar-refractivity contribution >= 4 is 0 Å². The van der Waals surface area contributed by atoms with E-state index in [2.05, 4.69) is 50.3 Å². The lowest BCUT2D eigenvalue weighted by molar-refractivity contribution is 0.861. The van der Waals surface area contributed by atoms with Gasteiger partial charge in [-0.2, -0.15) is 0 Å². The maximum absolute atomic E-state index is 2.37. The molecule has 0 fully saturated rings. The SMILES string of the molecule is CC/C=C(\CCC)Cc1ccccc1. The number of allylic oxidation sites excluding steroid dienone is 2. The Morgan fingerprint density at radius 1 is 1.14 bits per heavy atom. The summed E-state index contributed by atoms with van der Waals surface area (Å²) in [5.74, 6) is 0. The molecule has 0 spiro atoms. The summed E-state index contributed by atoms with van der Waals surface area (Å²) in [6.45, 7) is 4.45. The van der Waals surface area contributed by atoms with E-state index < -0.39 is 0 Å². The average Bonchev–Trinajstić information content (AvgIpc) is 2.20. The molecule has 0 heteroatoms. The van der Waals surface area contributed by atoms with E-state index in [0.29, 0.717) is 0 Å². The van der Waals surface area contributed by atoms with Gasteiger partial charge in [-0.25, -0.2) is 0 Å². The first-order chi connectivity index (χ1) is 6.86. The summed E-state index contributed by atoms with van der Waals surface area (Å²) in [4.78, 5) is 0. The quantitative estimate of drug-likeness (QED) is 0.602. The molecule has 0 aromatic heterocycles. The summed E-state index contributed by atoms with van der Waals surface area (Å²) in [7, 11) is 0. The van der Waals surface area contributed by atoms with E-state index in [4.69, 9.17) is 0 Å². The van der Waals surface area contributed by atoms with Gasteiger partial charge in [0, 0.05) is 0 Å². The van der Waals surface area contributed by atoms with Crippen molar-refractivity contribution < 1.29 is 0 Å². The van der Waals surface area contributed by atoms with Crippen LogP contribution >= 0.6 is 0 Å². The van der Waals surface area contributed by atoms with Gasteiger partial charge in [0.05, 0.1) is 0 Å². The highest BCUT2D eigenvalue weighted by atomic mass is 14.0. The van der Waals surface area contributed by atoms with E-state index in [9.17, 15) is 0 Å². The van der Waals surface area contributed by atoms with Crippen molar-refractivity contribution in [3.63, 3.8) is 0 Å². The van der Waals surface area contributed by atoms with Gasteiger partial charge in [0.2, 0.25) is 0 Å². The minimum atomic E-state index is 1.13. The summed E-state index contributed by atoms with van der Waals surface area (Å²) in [5, 5.41) is 0. The standard InChI is InChI=1S/C14H20/c1-3-8-13(9-4-2)12-14-10-6-5-7-11-14/h5-8,10-11H,3-4,9,12H2,1-2H3/b13-8+. The molecule has 0 bridgehead atoms. The molecule has 0 heterocycles. The Bertz CT molecular complexity index is 269. The van der Waals surface area contributed by atoms with Gasteiger partial charge < -0.3 is 0 Å². The molecule has 76 valence electrons. The second kappa shape index (κ2) is 6.42. The van der Waals surface area contributed by atoms with Gasteiger partial charge in [-0.1, -0.05) is 62.2 Å². The summed E-state index contributed by atoms with van der Waals surface area (Å²) in [6.07, 6.45) is 7.14. The molecule has 0 aliphatic heterocycles. The summed E-state index contributed by atoms with van der Waals surface area (Å²) >= 11 is 0. The van der Waals surface area contributed by atoms with E-state index in [1.807, 2.05) is 0 Å². The minimum Gasteiger partial charge on any atom is -0.0853 e. The van der Waals surface area contributed by atoms with Crippen molar-refractivity contribution in [3.8, 4) is 0 Å². The zero-order valence-corrected chi connectivity index (χ0v) is 9.29. The maximum atomic E-state index is 2.37. The fourth-order valence-corrected chi connectivity index (χ4v) is 1.73. The number of hydrogen-bond acceptors (Lipinski definition) is 0. The van der Waals surface area contributed by atoms with Crippen LogP contribution < -0.4 is 0 Å². The third-order valence-electron chi connectivity index (χ3n) is 2.34. The van der Waals surface area contributed by atoms with E-state index in [0.717, 1.165) is 12.8 Å². The average molecular weight is 188 g/mol. The Balaban J connectivity index is 2.60. The van der Waals surface area contributed by atoms with Crippen LogP contribution in [0.4, 0.5) is 0 Å². The molecule has 0 nitrogen and oxygen atoms in total. The first-order valence-corrected chi connectivity index (χ1v) is 5.58. The Kier molecular flexibility index (Phi) is 5.06. The van der Waals surface area contributed by atoms with Gasteiger partial charge in [0.1, 0.15) is 0 Å². The minimum absolute atomic E-state index is 1.13. The molecule has 1 aromatic rings. The van der Waals surface area contributed by atoms with Gasteiger partial charge >= 0.3 is 0 Å². The summed E-state index contributed by atoms with van der Waals surface area (Å²) < 4.78 is 0. The first-order valence-electron chi connectivity index (χ1n) is 5.58. The highest BCUT2D eigenvalue weighted by Gasteiger charge is 1.97. The molecular formula is C14H20. The van der Waals surface area contributed by atoms with E-state index in [1.54, 1.807) is 5.57 Å². The molecule has 0 N–H and O–H groups in total. The summed E-state index contributed by atoms with van der Waals surface area (Å²) in [6, 6.07) is 10.7. The Morgan fingerprint density at radius 2 is 1.86 bits per heavy atom. The normalized spacial score (nSPS) is 11.7. The smallest absolute Gasteiger partial charge is 0.00671 e. The van der Waals surface area contributed by atoms with E-state index >= 15 is 0 Å². The Labute approximate surface area is 87.7 Å². The zero-order chi connectivity index (χ0) is 10.2. The van der Waals surface area contributed by atoms with Crippen LogP contribution in [0.5, 0.6) is 0 Å². The van der Waals surface area contributed by atoms with Crippen LogP contribution in [0, 0.1) is 0 Å². The van der Waals surface area contributed by atoms with E-state index in [1.165, 1.54) is 18.4 Å². The van der Waals surface area contributed by atoms with Crippen molar-refractivity contribution in [3.05, 3.63) is 47.5 Å². The topological polar surface area (TPSA) is 0 Å². The first kappa shape index (κ1) is 11.0. The van der Waals surface area contributed by atoms with Crippen LogP contribution in [0.2, 0.25) is 0 Å². The Morgan fingerprint density at radius 3 is 2.43 bits per heavy atom. The fourth-order valence-electron chi connectivity index (χ4n) is 1.73. The molecule has 0 atom stereocenters. The van der Waals surface area contributed by atoms with Crippen molar-refractivity contribution in [2.75, 3.05) is 0 Å². The van der Waals surface area contributed by atoms with Crippen LogP contribution in [-0.2, 0) is 6.42 Å². The van der Waals surface area contributed by atoms with Crippen LogP contribution in [0.3, 0.4) is 0 Å². The predicted octanol–water partition coefficient (Wildman–Crippen LogP) is 4.37. The van der Waals surface area contributed by atoms with Crippen molar-refractivity contribution in [2.24, 2.45) is 0 Å². The molecule has 0 radical (unpaired) electrons. The van der Waals surface area contributed by atoms with Crippen LogP contribution in [0.25, 0.3) is 0 Å². The number of benzene rings is 1. The predicted molar refractivity (Wildman–Crippen MR) is 63.4 cm³/mol. The lowest BCUT2D eigenvalue weighted by atomic mass is 10.0. The highest BCUT2D eigenvalue weighted by molar-refractivity contribution is 5.21. The van der Waals surface area contributed by atoms with E-state index in [-0.39, 0.29) is 0 Å². The molecule has 0 amide bonds. The van der Waals surface area contributed by atoms with Crippen LogP contribution in [-0.4, -0.2) is 0 Å². The van der Waals surface area contributed by atoms with Crippen LogP contribution in [0.1, 0.15) is 38.7 Å². The van der Waals surface area contributed by atoms with Gasteiger partial charge in [-0.3, -0.25) is 0 Å². The third-order valence-corrected chi connectivity index (χ3v) is 2.34. The molecule has 0 unspecified atom stereocenters. The number of rotatable bonds is 5. The molecule has 14 heavy (non-hydrogen) atoms. The second-order valence-corrected chi connectivity index (χ2v) is 3.68. The van der Waals surface area contributed by atoms with Gasteiger partial charge in [-0.05, 0) is 24.8 Å². The van der Waals surface area contributed by atoms with Gasteiger partial charge in [-0.15, -0.1) is 0 Å². The fraction of sp³-hybridized carbons (Fsp3) is 0.429. The summed E-state index contributed by atoms with van der Waals surface area (Å²) in [5.41, 5.74) is 3.02. The molecule has 0 aliphatic carbocycles. The lowest BCUT2D eigenvalue weighted by Crippen LogP contribution is -1.90. The lowest BCUT2D eigenvalue weighted by Gasteiger charge is -2.05. The van der Waals surface area contributed by atoms with Crippen molar-refractivity contribution in [1.82, 2.24) is 0 Å². The molecule has 0 aliphatic rings. The molecular weight excluding hydrogens is 168 g/mol. The largest absolute Gasteiger partial charge is 0.0853 e. The van der Waals surface area contributed by atoms with Crippen molar-refractivity contribution in [1.29, 1.82) is 0 Å². The third kappa shape index (κ3) is 3.78. The Hall–Kier alpha value is -1.04. The molecule has 1 rings (SSSR count). The molecule has 0 saturated heterocycles. The number of hydrogen-bond donors (Lipinski definition) is 0. The molecule has 0 saturated carbocycles. The van der Waals surface area contributed by atoms with Gasteiger partial charge in [0.15, 0.2) is 0 Å². The van der Waals surface area contributed by atoms with Crippen molar-refractivity contribution in [2.45, 2.75) is 39.5 Å². The zero-order valence-electron chi connectivity index (χ0n) is 9.29. The highest BCUT2D eigenvalue weighted by Crippen LogP contribution is 2.13. The monoisotopic (exact) mass is 188 g/mol. The molecule has 1 aromatic carbocycles. The second-order valence-electron chi connectivity index (χ2n) is 3.68. The maximum Gasteiger partial charge on any atom is -0.00671 e. The van der Waals surface area contributed by atoms with Crippen LogP contribution in [0.15, 0.2) is 42.0 Å².